The van der Waals surface area contributed by atoms with Gasteiger partial charge in [0.05, 0.1) is 19.3 Å². The Hall–Kier alpha value is -0.120. The molecule has 2 atom stereocenters. The predicted molar refractivity (Wildman–Crippen MR) is 50.4 cm³/mol. The van der Waals surface area contributed by atoms with Gasteiger partial charge in [-0.15, -0.1) is 0 Å². The highest BCUT2D eigenvalue weighted by Crippen LogP contribution is 2.00. The largest absolute Gasteiger partial charge is 0.382 e. The number of hydrogen-bond donors (Lipinski definition) is 1. The highest BCUT2D eigenvalue weighted by atomic mass is 16.5. The first-order valence-corrected chi connectivity index (χ1v) is 4.48. The smallest absolute Gasteiger partial charge is 0.0703 e. The molecule has 0 bridgehead atoms. The molecule has 3 nitrogen and oxygen atoms in total. The Balaban J connectivity index is 3.26. The normalized spacial score (nSPS) is 16.0. The van der Waals surface area contributed by atoms with Crippen LogP contribution in [-0.4, -0.2) is 39.5 Å². The zero-order valence-corrected chi connectivity index (χ0v) is 8.59. The van der Waals surface area contributed by atoms with E-state index in [9.17, 15) is 0 Å². The Labute approximate surface area is 75.4 Å². The van der Waals surface area contributed by atoms with Crippen molar-refractivity contribution in [1.82, 2.24) is 5.32 Å². The summed E-state index contributed by atoms with van der Waals surface area (Å²) in [5.74, 6) is 0. The van der Waals surface area contributed by atoms with Gasteiger partial charge >= 0.3 is 0 Å². The van der Waals surface area contributed by atoms with E-state index in [2.05, 4.69) is 19.2 Å². The minimum absolute atomic E-state index is 0.308. The average Bonchev–Trinajstić information content (AvgIpc) is 2.05. The minimum Gasteiger partial charge on any atom is -0.382 e. The summed E-state index contributed by atoms with van der Waals surface area (Å²) in [5.41, 5.74) is 0. The van der Waals surface area contributed by atoms with Gasteiger partial charge in [0.15, 0.2) is 0 Å². The third-order valence-corrected chi connectivity index (χ3v) is 1.87. The van der Waals surface area contributed by atoms with Crippen LogP contribution < -0.4 is 5.32 Å². The lowest BCUT2D eigenvalue weighted by molar-refractivity contribution is 0.0190. The standard InChI is InChI=1S/C9H21NO2/c1-8(10-3)7-9(2)12-6-5-11-4/h8-10H,5-7H2,1-4H3. The van der Waals surface area contributed by atoms with Crippen LogP contribution in [0.4, 0.5) is 0 Å². The van der Waals surface area contributed by atoms with E-state index < -0.39 is 0 Å². The van der Waals surface area contributed by atoms with E-state index in [0.29, 0.717) is 25.4 Å². The van der Waals surface area contributed by atoms with Crippen molar-refractivity contribution in [3.63, 3.8) is 0 Å². The van der Waals surface area contributed by atoms with Crippen LogP contribution in [-0.2, 0) is 9.47 Å². The van der Waals surface area contributed by atoms with E-state index in [1.54, 1.807) is 7.11 Å². The van der Waals surface area contributed by atoms with Gasteiger partial charge in [0.25, 0.3) is 0 Å². The van der Waals surface area contributed by atoms with Crippen molar-refractivity contribution in [2.45, 2.75) is 32.4 Å². The van der Waals surface area contributed by atoms with Gasteiger partial charge in [-0.25, -0.2) is 0 Å². The Morgan fingerprint density at radius 2 is 1.92 bits per heavy atom. The summed E-state index contributed by atoms with van der Waals surface area (Å²) in [4.78, 5) is 0. The molecule has 0 rings (SSSR count). The lowest BCUT2D eigenvalue weighted by Gasteiger charge is -2.17. The van der Waals surface area contributed by atoms with Crippen LogP contribution >= 0.6 is 0 Å². The molecule has 0 aliphatic heterocycles. The third kappa shape index (κ3) is 6.58. The summed E-state index contributed by atoms with van der Waals surface area (Å²) in [6.07, 6.45) is 1.35. The van der Waals surface area contributed by atoms with Crippen LogP contribution in [0, 0.1) is 0 Å². The Kier molecular flexibility index (Phi) is 7.45. The summed E-state index contributed by atoms with van der Waals surface area (Å²) in [5, 5.41) is 3.17. The lowest BCUT2D eigenvalue weighted by Crippen LogP contribution is -2.27. The number of hydrogen-bond acceptors (Lipinski definition) is 3. The summed E-state index contributed by atoms with van der Waals surface area (Å²) in [6.45, 7) is 5.60. The van der Waals surface area contributed by atoms with Crippen LogP contribution in [0.2, 0.25) is 0 Å². The molecule has 0 aromatic rings. The molecule has 0 aromatic heterocycles. The summed E-state index contributed by atoms with van der Waals surface area (Å²) < 4.78 is 10.4. The van der Waals surface area contributed by atoms with Crippen LogP contribution in [0.3, 0.4) is 0 Å². The van der Waals surface area contributed by atoms with E-state index in [-0.39, 0.29) is 0 Å². The average molecular weight is 175 g/mol. The molecule has 0 spiro atoms. The van der Waals surface area contributed by atoms with Crippen molar-refractivity contribution in [2.24, 2.45) is 0 Å². The molecule has 74 valence electrons. The van der Waals surface area contributed by atoms with E-state index in [1.807, 2.05) is 7.05 Å². The van der Waals surface area contributed by atoms with E-state index in [4.69, 9.17) is 9.47 Å². The zero-order valence-electron chi connectivity index (χ0n) is 8.59. The zero-order chi connectivity index (χ0) is 9.40. The molecular formula is C9H21NO2. The number of methoxy groups -OCH3 is 1. The Bertz CT molecular complexity index is 98.5. The molecule has 0 saturated carbocycles. The quantitative estimate of drug-likeness (QED) is 0.586. The van der Waals surface area contributed by atoms with Crippen LogP contribution in [0.15, 0.2) is 0 Å². The monoisotopic (exact) mass is 175 g/mol. The van der Waals surface area contributed by atoms with Gasteiger partial charge in [0, 0.05) is 13.2 Å². The van der Waals surface area contributed by atoms with Crippen molar-refractivity contribution >= 4 is 0 Å². The molecule has 0 aromatic carbocycles. The molecular weight excluding hydrogens is 154 g/mol. The fourth-order valence-electron chi connectivity index (χ4n) is 1.02. The van der Waals surface area contributed by atoms with Crippen molar-refractivity contribution in [3.8, 4) is 0 Å². The number of nitrogens with one attached hydrogen (secondary N) is 1. The number of ether oxygens (including phenoxy) is 2. The molecule has 3 heteroatoms. The third-order valence-electron chi connectivity index (χ3n) is 1.87. The molecule has 2 unspecified atom stereocenters. The van der Waals surface area contributed by atoms with Crippen molar-refractivity contribution in [1.29, 1.82) is 0 Å². The second-order valence-corrected chi connectivity index (χ2v) is 3.10. The SMILES string of the molecule is CNC(C)CC(C)OCCOC. The number of rotatable bonds is 7. The van der Waals surface area contributed by atoms with Gasteiger partial charge in [0.1, 0.15) is 0 Å². The predicted octanol–water partition coefficient (Wildman–Crippen LogP) is 1.04. The van der Waals surface area contributed by atoms with Gasteiger partial charge < -0.3 is 14.8 Å². The van der Waals surface area contributed by atoms with Crippen molar-refractivity contribution in [2.75, 3.05) is 27.4 Å². The molecule has 0 aliphatic carbocycles. The lowest BCUT2D eigenvalue weighted by atomic mass is 10.1. The first-order chi connectivity index (χ1) is 5.70. The first-order valence-electron chi connectivity index (χ1n) is 4.48. The minimum atomic E-state index is 0.308. The molecule has 0 amide bonds. The van der Waals surface area contributed by atoms with E-state index in [1.165, 1.54) is 0 Å². The second kappa shape index (κ2) is 7.53. The van der Waals surface area contributed by atoms with Gasteiger partial charge in [-0.05, 0) is 27.3 Å². The topological polar surface area (TPSA) is 30.5 Å². The Morgan fingerprint density at radius 3 is 2.42 bits per heavy atom. The summed E-state index contributed by atoms with van der Waals surface area (Å²) >= 11 is 0. The van der Waals surface area contributed by atoms with Crippen LogP contribution in [0.5, 0.6) is 0 Å². The van der Waals surface area contributed by atoms with E-state index >= 15 is 0 Å². The van der Waals surface area contributed by atoms with Crippen LogP contribution in [0.25, 0.3) is 0 Å². The molecule has 0 radical (unpaired) electrons. The highest BCUT2D eigenvalue weighted by molar-refractivity contribution is 4.62. The van der Waals surface area contributed by atoms with Crippen molar-refractivity contribution in [3.05, 3.63) is 0 Å². The van der Waals surface area contributed by atoms with Gasteiger partial charge in [-0.2, -0.15) is 0 Å². The molecule has 0 heterocycles. The fraction of sp³-hybridized carbons (Fsp3) is 1.00. The molecule has 12 heavy (non-hydrogen) atoms. The molecule has 0 saturated heterocycles. The second-order valence-electron chi connectivity index (χ2n) is 3.10. The van der Waals surface area contributed by atoms with E-state index in [0.717, 1.165) is 6.42 Å². The molecule has 1 N–H and O–H groups in total. The van der Waals surface area contributed by atoms with Crippen molar-refractivity contribution < 1.29 is 9.47 Å². The maximum Gasteiger partial charge on any atom is 0.0703 e. The van der Waals surface area contributed by atoms with Gasteiger partial charge in [-0.3, -0.25) is 0 Å². The molecule has 0 aliphatic rings. The van der Waals surface area contributed by atoms with Gasteiger partial charge in [0.2, 0.25) is 0 Å². The molecule has 0 fully saturated rings. The Morgan fingerprint density at radius 1 is 1.25 bits per heavy atom. The van der Waals surface area contributed by atoms with Crippen LogP contribution in [0.1, 0.15) is 20.3 Å². The highest BCUT2D eigenvalue weighted by Gasteiger charge is 2.06. The summed E-state index contributed by atoms with van der Waals surface area (Å²) in [6, 6.07) is 0.516. The first kappa shape index (κ1) is 11.9. The maximum atomic E-state index is 5.49. The summed E-state index contributed by atoms with van der Waals surface area (Å²) in [7, 11) is 3.65. The maximum absolute atomic E-state index is 5.49. The fourth-order valence-corrected chi connectivity index (χ4v) is 1.02. The van der Waals surface area contributed by atoms with Gasteiger partial charge in [-0.1, -0.05) is 0 Å².